The molecule has 1 aromatic rings. The first-order valence-corrected chi connectivity index (χ1v) is 4.90. The molecular weight excluding hydrogens is 192 g/mol. The highest BCUT2D eigenvalue weighted by Gasteiger charge is 2.12. The first-order valence-electron chi connectivity index (χ1n) is 4.90. The molecule has 0 aromatic carbocycles. The van der Waals surface area contributed by atoms with Crippen molar-refractivity contribution in [1.29, 1.82) is 0 Å². The van der Waals surface area contributed by atoms with Gasteiger partial charge in [-0.15, -0.1) is 0 Å². The third-order valence-electron chi connectivity index (χ3n) is 2.39. The molecule has 4 heteroatoms. The molecule has 1 aromatic heterocycles. The maximum Gasteiger partial charge on any atom is 0.317 e. The molecule has 0 saturated carbocycles. The molecule has 0 fully saturated rings. The van der Waals surface area contributed by atoms with Crippen molar-refractivity contribution >= 4 is 5.97 Å². The molecule has 82 valence electrons. The van der Waals surface area contributed by atoms with E-state index in [4.69, 9.17) is 5.11 Å². The van der Waals surface area contributed by atoms with Gasteiger partial charge >= 0.3 is 5.97 Å². The molecular formula is C11H16N2O2. The third kappa shape index (κ3) is 4.08. The molecule has 4 nitrogen and oxygen atoms in total. The van der Waals surface area contributed by atoms with Crippen LogP contribution in [0.5, 0.6) is 0 Å². The first-order chi connectivity index (χ1) is 7.09. The van der Waals surface area contributed by atoms with E-state index in [1.54, 1.807) is 6.20 Å². The maximum atomic E-state index is 10.5. The van der Waals surface area contributed by atoms with Crippen molar-refractivity contribution in [1.82, 2.24) is 9.88 Å². The minimum atomic E-state index is -0.796. The summed E-state index contributed by atoms with van der Waals surface area (Å²) < 4.78 is 0. The van der Waals surface area contributed by atoms with E-state index >= 15 is 0 Å². The van der Waals surface area contributed by atoms with Crippen LogP contribution in [0.4, 0.5) is 0 Å². The molecule has 0 radical (unpaired) electrons. The number of carboxylic acids is 1. The lowest BCUT2D eigenvalue weighted by atomic mass is 10.1. The fraction of sp³-hybridized carbons (Fsp3) is 0.455. The number of likely N-dealkylation sites (N-methyl/N-ethyl adjacent to an activating group) is 1. The van der Waals surface area contributed by atoms with Gasteiger partial charge in [0.1, 0.15) is 0 Å². The molecule has 1 N–H and O–H groups in total. The highest BCUT2D eigenvalue weighted by atomic mass is 16.4. The van der Waals surface area contributed by atoms with E-state index in [9.17, 15) is 4.79 Å². The number of aliphatic carboxylic acids is 1. The van der Waals surface area contributed by atoms with Crippen molar-refractivity contribution in [3.63, 3.8) is 0 Å². The summed E-state index contributed by atoms with van der Waals surface area (Å²) in [5.74, 6) is -0.796. The second-order valence-corrected chi connectivity index (χ2v) is 3.72. The summed E-state index contributed by atoms with van der Waals surface area (Å²) in [4.78, 5) is 16.4. The van der Waals surface area contributed by atoms with E-state index in [1.807, 2.05) is 37.2 Å². The largest absolute Gasteiger partial charge is 0.480 e. The summed E-state index contributed by atoms with van der Waals surface area (Å²) in [6.45, 7) is 2.08. The van der Waals surface area contributed by atoms with Gasteiger partial charge in [0.15, 0.2) is 0 Å². The summed E-state index contributed by atoms with van der Waals surface area (Å²) >= 11 is 0. The van der Waals surface area contributed by atoms with Crippen LogP contribution in [0.3, 0.4) is 0 Å². The number of rotatable bonds is 5. The number of carboxylic acid groups (broad SMARTS) is 1. The average Bonchev–Trinajstić information content (AvgIpc) is 2.18. The normalized spacial score (nSPS) is 12.7. The van der Waals surface area contributed by atoms with Crippen LogP contribution in [0.15, 0.2) is 24.5 Å². The second-order valence-electron chi connectivity index (χ2n) is 3.72. The van der Waals surface area contributed by atoms with Crippen molar-refractivity contribution in [3.8, 4) is 0 Å². The fourth-order valence-electron chi connectivity index (χ4n) is 1.39. The Bertz CT molecular complexity index is 314. The molecule has 0 aliphatic carbocycles. The van der Waals surface area contributed by atoms with E-state index in [0.29, 0.717) is 0 Å². The van der Waals surface area contributed by atoms with E-state index in [2.05, 4.69) is 4.98 Å². The quantitative estimate of drug-likeness (QED) is 0.785. The van der Waals surface area contributed by atoms with Crippen molar-refractivity contribution in [2.45, 2.75) is 19.4 Å². The minimum Gasteiger partial charge on any atom is -0.480 e. The van der Waals surface area contributed by atoms with Crippen LogP contribution in [0.25, 0.3) is 0 Å². The SMILES string of the molecule is C[C@H](Cc1cccnc1)N(C)CC(=O)O. The molecule has 15 heavy (non-hydrogen) atoms. The Labute approximate surface area is 89.6 Å². The predicted octanol–water partition coefficient (Wildman–Crippen LogP) is 1.03. The summed E-state index contributed by atoms with van der Waals surface area (Å²) in [6, 6.07) is 4.09. The highest BCUT2D eigenvalue weighted by molar-refractivity contribution is 5.69. The van der Waals surface area contributed by atoms with Gasteiger partial charge in [0.25, 0.3) is 0 Å². The number of hydrogen-bond donors (Lipinski definition) is 1. The molecule has 1 atom stereocenters. The van der Waals surface area contributed by atoms with Gasteiger partial charge in [0.05, 0.1) is 6.54 Å². The molecule has 1 heterocycles. The second kappa shape index (κ2) is 5.46. The van der Waals surface area contributed by atoms with Gasteiger partial charge in [-0.25, -0.2) is 0 Å². The molecule has 0 bridgehead atoms. The smallest absolute Gasteiger partial charge is 0.317 e. The topological polar surface area (TPSA) is 53.4 Å². The lowest BCUT2D eigenvalue weighted by molar-refractivity contribution is -0.138. The van der Waals surface area contributed by atoms with Gasteiger partial charge in [0, 0.05) is 18.4 Å². The Balaban J connectivity index is 2.48. The van der Waals surface area contributed by atoms with Crippen LogP contribution in [0.2, 0.25) is 0 Å². The van der Waals surface area contributed by atoms with Gasteiger partial charge in [-0.3, -0.25) is 14.7 Å². The van der Waals surface area contributed by atoms with E-state index in [1.165, 1.54) is 0 Å². The first kappa shape index (κ1) is 11.7. The molecule has 0 unspecified atom stereocenters. The zero-order chi connectivity index (χ0) is 11.3. The maximum absolute atomic E-state index is 10.5. The van der Waals surface area contributed by atoms with Gasteiger partial charge in [-0.1, -0.05) is 6.07 Å². The van der Waals surface area contributed by atoms with Gasteiger partial charge in [-0.05, 0) is 32.0 Å². The van der Waals surface area contributed by atoms with Crippen molar-refractivity contribution in [3.05, 3.63) is 30.1 Å². The molecule has 0 aliphatic heterocycles. The van der Waals surface area contributed by atoms with Crippen LogP contribution in [0, 0.1) is 0 Å². The van der Waals surface area contributed by atoms with Gasteiger partial charge in [-0.2, -0.15) is 0 Å². The summed E-state index contributed by atoms with van der Waals surface area (Å²) in [5, 5.41) is 8.64. The van der Waals surface area contributed by atoms with Crippen molar-refractivity contribution in [2.24, 2.45) is 0 Å². The fourth-order valence-corrected chi connectivity index (χ4v) is 1.39. The number of hydrogen-bond acceptors (Lipinski definition) is 3. The third-order valence-corrected chi connectivity index (χ3v) is 2.39. The minimum absolute atomic E-state index is 0.0709. The summed E-state index contributed by atoms with van der Waals surface area (Å²) in [5.41, 5.74) is 1.13. The molecule has 0 spiro atoms. The monoisotopic (exact) mass is 208 g/mol. The van der Waals surface area contributed by atoms with Crippen LogP contribution < -0.4 is 0 Å². The summed E-state index contributed by atoms with van der Waals surface area (Å²) in [7, 11) is 1.81. The van der Waals surface area contributed by atoms with Crippen LogP contribution in [0.1, 0.15) is 12.5 Å². The highest BCUT2D eigenvalue weighted by Crippen LogP contribution is 2.05. The molecule has 0 amide bonds. The Hall–Kier alpha value is -1.42. The molecule has 0 saturated heterocycles. The van der Waals surface area contributed by atoms with Gasteiger partial charge in [0.2, 0.25) is 0 Å². The Morgan fingerprint density at radius 1 is 1.67 bits per heavy atom. The standard InChI is InChI=1S/C11H16N2O2/c1-9(13(2)8-11(14)15)6-10-4-3-5-12-7-10/h3-5,7,9H,6,8H2,1-2H3,(H,14,15)/t9-/m1/s1. The molecule has 0 aliphatic rings. The van der Waals surface area contributed by atoms with Crippen LogP contribution in [-0.4, -0.2) is 40.6 Å². The lowest BCUT2D eigenvalue weighted by Gasteiger charge is -2.22. The average molecular weight is 208 g/mol. The zero-order valence-corrected chi connectivity index (χ0v) is 9.05. The Morgan fingerprint density at radius 2 is 2.40 bits per heavy atom. The van der Waals surface area contributed by atoms with Crippen LogP contribution >= 0.6 is 0 Å². The number of pyridine rings is 1. The Kier molecular flexibility index (Phi) is 4.24. The predicted molar refractivity (Wildman–Crippen MR) is 57.7 cm³/mol. The lowest BCUT2D eigenvalue weighted by Crippen LogP contribution is -2.35. The van der Waals surface area contributed by atoms with Crippen molar-refractivity contribution in [2.75, 3.05) is 13.6 Å². The number of carbonyl (C=O) groups is 1. The van der Waals surface area contributed by atoms with E-state index < -0.39 is 5.97 Å². The zero-order valence-electron chi connectivity index (χ0n) is 9.05. The number of aromatic nitrogens is 1. The number of nitrogens with zero attached hydrogens (tertiary/aromatic N) is 2. The van der Waals surface area contributed by atoms with Crippen molar-refractivity contribution < 1.29 is 9.90 Å². The molecule has 1 rings (SSSR count). The van der Waals surface area contributed by atoms with E-state index in [0.717, 1.165) is 12.0 Å². The van der Waals surface area contributed by atoms with Crippen LogP contribution in [-0.2, 0) is 11.2 Å². The Morgan fingerprint density at radius 3 is 2.93 bits per heavy atom. The van der Waals surface area contributed by atoms with E-state index in [-0.39, 0.29) is 12.6 Å². The van der Waals surface area contributed by atoms with Gasteiger partial charge < -0.3 is 5.11 Å². The summed E-state index contributed by atoms with van der Waals surface area (Å²) in [6.07, 6.45) is 4.36.